The summed E-state index contributed by atoms with van der Waals surface area (Å²) >= 11 is 0. The number of nitrogens with zero attached hydrogens (tertiary/aromatic N) is 2. The van der Waals surface area contributed by atoms with Gasteiger partial charge in [-0.1, -0.05) is 12.1 Å². The average Bonchev–Trinajstić information content (AvgIpc) is 3.07. The fourth-order valence-corrected chi connectivity index (χ4v) is 2.03. The highest BCUT2D eigenvalue weighted by Gasteiger charge is 2.29. The molecule has 0 atom stereocenters. The number of carboxylic acids is 1. The number of aromatic carboxylic acids is 1. The molecule has 0 aliphatic heterocycles. The summed E-state index contributed by atoms with van der Waals surface area (Å²) in [7, 11) is 0. The van der Waals surface area contributed by atoms with Crippen molar-refractivity contribution in [3.05, 3.63) is 48.0 Å². The first kappa shape index (κ1) is 10.1. The largest absolute Gasteiger partial charge is 0.478 e. The Morgan fingerprint density at radius 2 is 2.12 bits per heavy atom. The fraction of sp³-hybridized carbons (Fsp3) is 0.231. The molecule has 1 aromatic heterocycles. The summed E-state index contributed by atoms with van der Waals surface area (Å²) in [5, 5.41) is 9.18. The zero-order chi connectivity index (χ0) is 11.8. The van der Waals surface area contributed by atoms with Crippen molar-refractivity contribution in [2.24, 2.45) is 0 Å². The molecule has 1 fully saturated rings. The molecule has 0 spiro atoms. The number of aromatic nitrogens is 2. The van der Waals surface area contributed by atoms with Crippen molar-refractivity contribution < 1.29 is 9.90 Å². The van der Waals surface area contributed by atoms with Crippen molar-refractivity contribution >= 4 is 5.97 Å². The van der Waals surface area contributed by atoms with E-state index in [1.165, 1.54) is 0 Å². The Bertz CT molecular complexity index is 570. The Labute approximate surface area is 98.5 Å². The lowest BCUT2D eigenvalue weighted by Gasteiger charge is -2.09. The molecule has 86 valence electrons. The van der Waals surface area contributed by atoms with Gasteiger partial charge >= 0.3 is 5.97 Å². The average molecular weight is 228 g/mol. The van der Waals surface area contributed by atoms with Gasteiger partial charge in [0.05, 0.1) is 11.3 Å². The van der Waals surface area contributed by atoms with E-state index in [1.807, 2.05) is 22.9 Å². The summed E-state index contributed by atoms with van der Waals surface area (Å²) in [6.07, 6.45) is 5.85. The Balaban J connectivity index is 2.14. The molecule has 1 aromatic carbocycles. The van der Waals surface area contributed by atoms with E-state index in [0.29, 0.717) is 17.2 Å². The second kappa shape index (κ2) is 3.73. The fourth-order valence-electron chi connectivity index (χ4n) is 2.03. The Kier molecular flexibility index (Phi) is 2.21. The number of rotatable bonds is 3. The molecule has 1 aliphatic rings. The Morgan fingerprint density at radius 3 is 2.82 bits per heavy atom. The van der Waals surface area contributed by atoms with E-state index < -0.39 is 5.97 Å². The highest BCUT2D eigenvalue weighted by molar-refractivity contribution is 5.91. The molecule has 1 aliphatic carbocycles. The molecular weight excluding hydrogens is 216 g/mol. The number of imidazole rings is 1. The lowest BCUT2D eigenvalue weighted by molar-refractivity contribution is 0.0697. The van der Waals surface area contributed by atoms with Gasteiger partial charge < -0.3 is 9.67 Å². The molecule has 0 unspecified atom stereocenters. The maximum absolute atomic E-state index is 11.2. The SMILES string of the molecule is O=C(O)c1ccccc1-n1ccnc1C1CC1. The minimum atomic E-state index is -0.906. The van der Waals surface area contributed by atoms with Crippen molar-refractivity contribution in [2.75, 3.05) is 0 Å². The van der Waals surface area contributed by atoms with Crippen LogP contribution < -0.4 is 0 Å². The molecule has 17 heavy (non-hydrogen) atoms. The zero-order valence-electron chi connectivity index (χ0n) is 9.21. The molecular formula is C13H12N2O2. The summed E-state index contributed by atoms with van der Waals surface area (Å²) < 4.78 is 1.89. The van der Waals surface area contributed by atoms with Crippen LogP contribution in [-0.2, 0) is 0 Å². The first-order chi connectivity index (χ1) is 8.27. The van der Waals surface area contributed by atoms with Crippen LogP contribution in [0.25, 0.3) is 5.69 Å². The Hall–Kier alpha value is -2.10. The van der Waals surface area contributed by atoms with Crippen LogP contribution in [0.3, 0.4) is 0 Å². The van der Waals surface area contributed by atoms with E-state index in [0.717, 1.165) is 18.7 Å². The van der Waals surface area contributed by atoms with Crippen LogP contribution in [0.1, 0.15) is 34.9 Å². The number of hydrogen-bond donors (Lipinski definition) is 1. The summed E-state index contributed by atoms with van der Waals surface area (Å²) in [4.78, 5) is 15.5. The van der Waals surface area contributed by atoms with Gasteiger partial charge in [-0.2, -0.15) is 0 Å². The van der Waals surface area contributed by atoms with E-state index in [4.69, 9.17) is 0 Å². The maximum atomic E-state index is 11.2. The van der Waals surface area contributed by atoms with Crippen LogP contribution in [0.5, 0.6) is 0 Å². The summed E-state index contributed by atoms with van der Waals surface area (Å²) in [6, 6.07) is 7.02. The van der Waals surface area contributed by atoms with Crippen molar-refractivity contribution in [1.82, 2.24) is 9.55 Å². The predicted octanol–water partition coefficient (Wildman–Crippen LogP) is 2.45. The van der Waals surface area contributed by atoms with Gasteiger partial charge in [-0.3, -0.25) is 0 Å². The van der Waals surface area contributed by atoms with Crippen molar-refractivity contribution in [3.8, 4) is 5.69 Å². The van der Waals surface area contributed by atoms with E-state index >= 15 is 0 Å². The number of benzene rings is 1. The molecule has 4 nitrogen and oxygen atoms in total. The molecule has 1 saturated carbocycles. The van der Waals surface area contributed by atoms with E-state index in [1.54, 1.807) is 18.3 Å². The Morgan fingerprint density at radius 1 is 1.35 bits per heavy atom. The van der Waals surface area contributed by atoms with Gasteiger partial charge in [0.1, 0.15) is 5.82 Å². The van der Waals surface area contributed by atoms with Gasteiger partial charge in [0, 0.05) is 18.3 Å². The highest BCUT2D eigenvalue weighted by atomic mass is 16.4. The highest BCUT2D eigenvalue weighted by Crippen LogP contribution is 2.40. The van der Waals surface area contributed by atoms with Crippen LogP contribution >= 0.6 is 0 Å². The standard InChI is InChI=1S/C13H12N2O2/c16-13(17)10-3-1-2-4-11(10)15-8-7-14-12(15)9-5-6-9/h1-4,7-9H,5-6H2,(H,16,17). The van der Waals surface area contributed by atoms with Crippen LogP contribution in [0.15, 0.2) is 36.7 Å². The van der Waals surface area contributed by atoms with E-state index in [2.05, 4.69) is 4.98 Å². The van der Waals surface area contributed by atoms with Crippen molar-refractivity contribution in [3.63, 3.8) is 0 Å². The minimum Gasteiger partial charge on any atom is -0.478 e. The van der Waals surface area contributed by atoms with Crippen LogP contribution in [0, 0.1) is 0 Å². The number of carboxylic acid groups (broad SMARTS) is 1. The number of hydrogen-bond acceptors (Lipinski definition) is 2. The predicted molar refractivity (Wildman–Crippen MR) is 62.5 cm³/mol. The third-order valence-corrected chi connectivity index (χ3v) is 3.01. The number of para-hydroxylation sites is 1. The van der Waals surface area contributed by atoms with Gasteiger partial charge in [0.15, 0.2) is 0 Å². The molecule has 0 amide bonds. The third-order valence-electron chi connectivity index (χ3n) is 3.01. The van der Waals surface area contributed by atoms with E-state index in [-0.39, 0.29) is 0 Å². The topological polar surface area (TPSA) is 55.1 Å². The molecule has 0 bridgehead atoms. The smallest absolute Gasteiger partial charge is 0.337 e. The molecule has 3 rings (SSSR count). The second-order valence-corrected chi connectivity index (χ2v) is 4.25. The van der Waals surface area contributed by atoms with Crippen LogP contribution in [0.4, 0.5) is 0 Å². The quantitative estimate of drug-likeness (QED) is 0.877. The summed E-state index contributed by atoms with van der Waals surface area (Å²) in [6.45, 7) is 0. The molecule has 4 heteroatoms. The van der Waals surface area contributed by atoms with Crippen LogP contribution in [-0.4, -0.2) is 20.6 Å². The molecule has 0 radical (unpaired) electrons. The number of carbonyl (C=O) groups is 1. The summed E-state index contributed by atoms with van der Waals surface area (Å²) in [5.74, 6) is 0.557. The lowest BCUT2D eigenvalue weighted by atomic mass is 10.1. The van der Waals surface area contributed by atoms with Gasteiger partial charge in [-0.05, 0) is 25.0 Å². The maximum Gasteiger partial charge on any atom is 0.337 e. The molecule has 2 aromatic rings. The van der Waals surface area contributed by atoms with E-state index in [9.17, 15) is 9.90 Å². The van der Waals surface area contributed by atoms with Crippen molar-refractivity contribution in [2.45, 2.75) is 18.8 Å². The zero-order valence-corrected chi connectivity index (χ0v) is 9.21. The van der Waals surface area contributed by atoms with Gasteiger partial charge in [-0.25, -0.2) is 9.78 Å². The summed E-state index contributed by atoms with van der Waals surface area (Å²) in [5.41, 5.74) is 1.01. The van der Waals surface area contributed by atoms with Gasteiger partial charge in [0.25, 0.3) is 0 Å². The van der Waals surface area contributed by atoms with Gasteiger partial charge in [-0.15, -0.1) is 0 Å². The lowest BCUT2D eigenvalue weighted by Crippen LogP contribution is -2.06. The van der Waals surface area contributed by atoms with Gasteiger partial charge in [0.2, 0.25) is 0 Å². The normalized spacial score (nSPS) is 14.8. The first-order valence-electron chi connectivity index (χ1n) is 5.63. The second-order valence-electron chi connectivity index (χ2n) is 4.25. The van der Waals surface area contributed by atoms with Crippen molar-refractivity contribution in [1.29, 1.82) is 0 Å². The minimum absolute atomic E-state index is 0.312. The monoisotopic (exact) mass is 228 g/mol. The molecule has 1 heterocycles. The van der Waals surface area contributed by atoms with Crippen LogP contribution in [0.2, 0.25) is 0 Å². The molecule has 0 saturated heterocycles. The molecule has 1 N–H and O–H groups in total. The third kappa shape index (κ3) is 1.71. The first-order valence-corrected chi connectivity index (χ1v) is 5.63.